The van der Waals surface area contributed by atoms with Crippen LogP contribution >= 0.6 is 0 Å². The minimum atomic E-state index is -4.08. The van der Waals surface area contributed by atoms with Crippen LogP contribution in [0, 0.1) is 20.8 Å². The Hall–Kier alpha value is -3.65. The number of hydrogen-bond acceptors (Lipinski definition) is 4. The number of rotatable bonds is 12. The number of sulfonamides is 1. The second-order valence-corrected chi connectivity index (χ2v) is 11.8. The number of benzene rings is 3. The number of para-hydroxylation sites is 1. The van der Waals surface area contributed by atoms with Crippen LogP contribution in [0.5, 0.6) is 0 Å². The van der Waals surface area contributed by atoms with Gasteiger partial charge < -0.3 is 10.2 Å². The van der Waals surface area contributed by atoms with Crippen molar-refractivity contribution in [3.8, 4) is 0 Å². The summed E-state index contributed by atoms with van der Waals surface area (Å²) in [6.45, 7) is 9.63. The van der Waals surface area contributed by atoms with E-state index < -0.39 is 28.5 Å². The highest BCUT2D eigenvalue weighted by Gasteiger charge is 2.33. The molecule has 0 saturated heterocycles. The molecule has 3 aromatic carbocycles. The molecule has 1 atom stereocenters. The van der Waals surface area contributed by atoms with Crippen LogP contribution in [0.15, 0.2) is 77.7 Å². The number of amides is 2. The van der Waals surface area contributed by atoms with Gasteiger partial charge in [-0.3, -0.25) is 13.9 Å². The van der Waals surface area contributed by atoms with Crippen molar-refractivity contribution in [2.75, 3.05) is 17.4 Å². The molecular weight excluding hydrogens is 510 g/mol. The van der Waals surface area contributed by atoms with E-state index in [1.165, 1.54) is 4.90 Å². The van der Waals surface area contributed by atoms with Crippen LogP contribution in [0.3, 0.4) is 0 Å². The van der Waals surface area contributed by atoms with Gasteiger partial charge in [0.1, 0.15) is 12.6 Å². The van der Waals surface area contributed by atoms with E-state index in [0.29, 0.717) is 12.2 Å². The van der Waals surface area contributed by atoms with Crippen LogP contribution in [-0.4, -0.2) is 44.3 Å². The number of nitrogens with zero attached hydrogens (tertiary/aromatic N) is 2. The number of carbonyl (C=O) groups excluding carboxylic acids is 2. The van der Waals surface area contributed by atoms with Gasteiger partial charge in [-0.25, -0.2) is 8.42 Å². The molecule has 0 heterocycles. The van der Waals surface area contributed by atoms with Gasteiger partial charge in [0.2, 0.25) is 11.8 Å². The normalized spacial score (nSPS) is 12.0. The molecule has 0 saturated carbocycles. The first-order valence-electron chi connectivity index (χ1n) is 13.3. The highest BCUT2D eigenvalue weighted by atomic mass is 32.2. The third-order valence-corrected chi connectivity index (χ3v) is 8.48. The number of carbonyl (C=O) groups is 2. The van der Waals surface area contributed by atoms with Crippen LogP contribution in [0.4, 0.5) is 5.69 Å². The first kappa shape index (κ1) is 29.9. The van der Waals surface area contributed by atoms with Gasteiger partial charge in [-0.05, 0) is 63.4 Å². The molecule has 3 rings (SSSR count). The van der Waals surface area contributed by atoms with Crippen LogP contribution in [0.1, 0.15) is 48.9 Å². The van der Waals surface area contributed by atoms with Gasteiger partial charge >= 0.3 is 0 Å². The smallest absolute Gasteiger partial charge is 0.264 e. The summed E-state index contributed by atoms with van der Waals surface area (Å²) in [5, 5.41) is 2.91. The van der Waals surface area contributed by atoms with Crippen molar-refractivity contribution in [2.45, 2.75) is 64.9 Å². The van der Waals surface area contributed by atoms with E-state index in [-0.39, 0.29) is 17.3 Å². The molecule has 1 N–H and O–H groups in total. The summed E-state index contributed by atoms with van der Waals surface area (Å²) in [5.41, 5.74) is 3.96. The van der Waals surface area contributed by atoms with Crippen molar-refractivity contribution in [3.05, 3.63) is 95.1 Å². The Morgan fingerprint density at radius 1 is 0.897 bits per heavy atom. The maximum atomic E-state index is 14.0. The monoisotopic (exact) mass is 549 g/mol. The summed E-state index contributed by atoms with van der Waals surface area (Å²) in [5.74, 6) is -0.734. The lowest BCUT2D eigenvalue weighted by atomic mass is 10.1. The van der Waals surface area contributed by atoms with Gasteiger partial charge in [-0.1, -0.05) is 79.1 Å². The predicted octanol–water partition coefficient (Wildman–Crippen LogP) is 5.14. The fourth-order valence-corrected chi connectivity index (χ4v) is 5.80. The van der Waals surface area contributed by atoms with Crippen LogP contribution in [0.25, 0.3) is 0 Å². The Morgan fingerprint density at radius 3 is 2.23 bits per heavy atom. The predicted molar refractivity (Wildman–Crippen MR) is 156 cm³/mol. The van der Waals surface area contributed by atoms with Gasteiger partial charge in [0.15, 0.2) is 0 Å². The lowest BCUT2D eigenvalue weighted by Crippen LogP contribution is -2.51. The molecular formula is C31H39N3O4S. The number of anilines is 1. The summed E-state index contributed by atoms with van der Waals surface area (Å²) < 4.78 is 29.0. The molecule has 0 radical (unpaired) electrons. The molecule has 2 amide bonds. The lowest BCUT2D eigenvalue weighted by Gasteiger charge is -2.32. The molecule has 0 bridgehead atoms. The van der Waals surface area contributed by atoms with Crippen molar-refractivity contribution in [1.29, 1.82) is 0 Å². The van der Waals surface area contributed by atoms with Crippen molar-refractivity contribution in [2.24, 2.45) is 0 Å². The third kappa shape index (κ3) is 7.69. The van der Waals surface area contributed by atoms with Crippen molar-refractivity contribution >= 4 is 27.5 Å². The van der Waals surface area contributed by atoms with Crippen molar-refractivity contribution in [1.82, 2.24) is 10.2 Å². The number of unbranched alkanes of at least 4 members (excludes halogenated alkanes) is 1. The average molecular weight is 550 g/mol. The standard InChI is InChI=1S/C31H39N3O4S/c1-6-7-19-32-31(36)26(5)33(21-27-13-10-11-24(3)20-27)30(35)22-34(29-14-9-8-12-25(29)4)39(37,38)28-17-15-23(2)16-18-28/h8-18,20,26H,6-7,19,21-22H2,1-5H3,(H,32,36). The molecule has 0 aliphatic rings. The van der Waals surface area contributed by atoms with Crippen molar-refractivity contribution < 1.29 is 18.0 Å². The molecule has 0 spiro atoms. The summed E-state index contributed by atoms with van der Waals surface area (Å²) in [4.78, 5) is 28.6. The van der Waals surface area contributed by atoms with Gasteiger partial charge in [-0.2, -0.15) is 0 Å². The van der Waals surface area contributed by atoms with Crippen molar-refractivity contribution in [3.63, 3.8) is 0 Å². The summed E-state index contributed by atoms with van der Waals surface area (Å²) in [6.07, 6.45) is 1.77. The SMILES string of the molecule is CCCCNC(=O)C(C)N(Cc1cccc(C)c1)C(=O)CN(c1ccccc1C)S(=O)(=O)c1ccc(C)cc1. The van der Waals surface area contributed by atoms with Crippen LogP contribution in [-0.2, 0) is 26.2 Å². The second kappa shape index (κ2) is 13.4. The molecule has 8 heteroatoms. The van der Waals surface area contributed by atoms with Crippen LogP contribution < -0.4 is 9.62 Å². The van der Waals surface area contributed by atoms with E-state index in [9.17, 15) is 18.0 Å². The minimum absolute atomic E-state index is 0.0970. The fourth-order valence-electron chi connectivity index (χ4n) is 4.32. The topological polar surface area (TPSA) is 86.8 Å². The van der Waals surface area contributed by atoms with Crippen LogP contribution in [0.2, 0.25) is 0 Å². The highest BCUT2D eigenvalue weighted by molar-refractivity contribution is 7.92. The Morgan fingerprint density at radius 2 is 1.59 bits per heavy atom. The lowest BCUT2D eigenvalue weighted by molar-refractivity contribution is -0.139. The molecule has 0 fully saturated rings. The van der Waals surface area contributed by atoms with E-state index in [1.54, 1.807) is 43.3 Å². The van der Waals surface area contributed by atoms with Gasteiger partial charge in [0.25, 0.3) is 10.0 Å². The molecule has 0 aromatic heterocycles. The highest BCUT2D eigenvalue weighted by Crippen LogP contribution is 2.27. The molecule has 0 aliphatic heterocycles. The maximum absolute atomic E-state index is 14.0. The largest absolute Gasteiger partial charge is 0.354 e. The quantitative estimate of drug-likeness (QED) is 0.317. The zero-order valence-electron chi connectivity index (χ0n) is 23.5. The second-order valence-electron chi connectivity index (χ2n) is 9.94. The summed E-state index contributed by atoms with van der Waals surface area (Å²) >= 11 is 0. The summed E-state index contributed by atoms with van der Waals surface area (Å²) in [7, 11) is -4.08. The number of hydrogen-bond donors (Lipinski definition) is 1. The Kier molecular flexibility index (Phi) is 10.3. The van der Waals surface area contributed by atoms with Gasteiger partial charge in [0.05, 0.1) is 10.6 Å². The van der Waals surface area contributed by atoms with Gasteiger partial charge in [0, 0.05) is 13.1 Å². The Balaban J connectivity index is 2.01. The zero-order valence-corrected chi connectivity index (χ0v) is 24.3. The average Bonchev–Trinajstić information content (AvgIpc) is 2.90. The van der Waals surface area contributed by atoms with E-state index in [1.807, 2.05) is 64.1 Å². The van der Waals surface area contributed by atoms with Gasteiger partial charge in [-0.15, -0.1) is 0 Å². The molecule has 7 nitrogen and oxygen atoms in total. The number of nitrogens with one attached hydrogen (secondary N) is 1. The first-order chi connectivity index (χ1) is 18.5. The first-order valence-corrected chi connectivity index (χ1v) is 14.8. The number of aryl methyl sites for hydroxylation is 3. The maximum Gasteiger partial charge on any atom is 0.264 e. The molecule has 1 unspecified atom stereocenters. The zero-order chi connectivity index (χ0) is 28.6. The third-order valence-electron chi connectivity index (χ3n) is 6.70. The molecule has 3 aromatic rings. The van der Waals surface area contributed by atoms with E-state index in [2.05, 4.69) is 5.32 Å². The molecule has 208 valence electrons. The Bertz CT molecular complexity index is 1390. The Labute approximate surface area is 232 Å². The van der Waals surface area contributed by atoms with E-state index in [4.69, 9.17) is 0 Å². The molecule has 39 heavy (non-hydrogen) atoms. The van der Waals surface area contributed by atoms with E-state index >= 15 is 0 Å². The fraction of sp³-hybridized carbons (Fsp3) is 0.355. The summed E-state index contributed by atoms with van der Waals surface area (Å²) in [6, 6.07) is 20.6. The van der Waals surface area contributed by atoms with E-state index in [0.717, 1.165) is 39.4 Å². The minimum Gasteiger partial charge on any atom is -0.354 e. The molecule has 0 aliphatic carbocycles.